The first-order chi connectivity index (χ1) is 9.79. The quantitative estimate of drug-likeness (QED) is 0.697. The SMILES string of the molecule is CNC(c1ccc(I)cc1)c1cccc2cccnc12. The third kappa shape index (κ3) is 2.55. The van der Waals surface area contributed by atoms with Crippen molar-refractivity contribution in [2.45, 2.75) is 6.04 Å². The van der Waals surface area contributed by atoms with Gasteiger partial charge in [-0.2, -0.15) is 0 Å². The van der Waals surface area contributed by atoms with Crippen molar-refractivity contribution in [3.63, 3.8) is 0 Å². The Labute approximate surface area is 132 Å². The van der Waals surface area contributed by atoms with Crippen LogP contribution < -0.4 is 5.32 Å². The molecule has 0 saturated heterocycles. The van der Waals surface area contributed by atoms with Crippen LogP contribution in [0.3, 0.4) is 0 Å². The van der Waals surface area contributed by atoms with Gasteiger partial charge >= 0.3 is 0 Å². The average Bonchev–Trinajstić information content (AvgIpc) is 2.50. The van der Waals surface area contributed by atoms with Crippen molar-refractivity contribution in [2.24, 2.45) is 0 Å². The molecule has 0 spiro atoms. The van der Waals surface area contributed by atoms with Gasteiger partial charge in [0.15, 0.2) is 0 Å². The molecule has 1 heterocycles. The number of nitrogens with one attached hydrogen (secondary N) is 1. The Morgan fingerprint density at radius 3 is 2.50 bits per heavy atom. The lowest BCUT2D eigenvalue weighted by Gasteiger charge is -2.18. The van der Waals surface area contributed by atoms with Gasteiger partial charge in [-0.3, -0.25) is 4.98 Å². The summed E-state index contributed by atoms with van der Waals surface area (Å²) >= 11 is 2.33. The number of nitrogens with zero attached hydrogens (tertiary/aromatic N) is 1. The molecule has 0 aliphatic heterocycles. The number of halogens is 1. The van der Waals surface area contributed by atoms with Gasteiger partial charge in [0, 0.05) is 15.2 Å². The van der Waals surface area contributed by atoms with Crippen molar-refractivity contribution >= 4 is 33.5 Å². The fraction of sp³-hybridized carbons (Fsp3) is 0.118. The van der Waals surface area contributed by atoms with Crippen LogP contribution in [0.15, 0.2) is 60.8 Å². The van der Waals surface area contributed by atoms with Crippen LogP contribution in [-0.2, 0) is 0 Å². The maximum Gasteiger partial charge on any atom is 0.0753 e. The molecule has 0 amide bonds. The maximum absolute atomic E-state index is 4.55. The van der Waals surface area contributed by atoms with E-state index in [1.165, 1.54) is 20.1 Å². The lowest BCUT2D eigenvalue weighted by molar-refractivity contribution is 0.695. The zero-order valence-electron chi connectivity index (χ0n) is 11.2. The Morgan fingerprint density at radius 1 is 1.00 bits per heavy atom. The third-order valence-corrected chi connectivity index (χ3v) is 4.19. The molecule has 1 atom stereocenters. The van der Waals surface area contributed by atoms with E-state index in [9.17, 15) is 0 Å². The summed E-state index contributed by atoms with van der Waals surface area (Å²) in [4.78, 5) is 4.55. The molecule has 2 aromatic carbocycles. The zero-order chi connectivity index (χ0) is 13.9. The van der Waals surface area contributed by atoms with Gasteiger partial charge in [-0.15, -0.1) is 0 Å². The third-order valence-electron chi connectivity index (χ3n) is 3.47. The smallest absolute Gasteiger partial charge is 0.0753 e. The standard InChI is InChI=1S/C17H15IN2/c1-19-16(13-7-9-14(18)10-8-13)15-6-2-4-12-5-3-11-20-17(12)15/h2-11,16,19H,1H3. The minimum Gasteiger partial charge on any atom is -0.309 e. The van der Waals surface area contributed by atoms with Gasteiger partial charge in [-0.05, 0) is 59.0 Å². The molecule has 20 heavy (non-hydrogen) atoms. The number of benzene rings is 2. The predicted octanol–water partition coefficient (Wildman–Crippen LogP) is 4.15. The number of hydrogen-bond donors (Lipinski definition) is 1. The second kappa shape index (κ2) is 5.89. The molecule has 0 fully saturated rings. The van der Waals surface area contributed by atoms with Gasteiger partial charge in [0.2, 0.25) is 0 Å². The van der Waals surface area contributed by atoms with Crippen molar-refractivity contribution in [1.82, 2.24) is 10.3 Å². The Bertz CT molecular complexity index is 717. The monoisotopic (exact) mass is 374 g/mol. The van der Waals surface area contributed by atoms with Crippen LogP contribution in [0.5, 0.6) is 0 Å². The van der Waals surface area contributed by atoms with E-state index < -0.39 is 0 Å². The molecule has 3 rings (SSSR count). The minimum atomic E-state index is 0.158. The summed E-state index contributed by atoms with van der Waals surface area (Å²) in [6.07, 6.45) is 1.85. The molecular formula is C17H15IN2. The maximum atomic E-state index is 4.55. The molecule has 0 aliphatic rings. The molecule has 0 radical (unpaired) electrons. The van der Waals surface area contributed by atoms with E-state index >= 15 is 0 Å². The van der Waals surface area contributed by atoms with Crippen molar-refractivity contribution in [3.8, 4) is 0 Å². The Hall–Kier alpha value is -1.46. The second-order valence-corrected chi connectivity index (χ2v) is 5.94. The molecule has 1 unspecified atom stereocenters. The summed E-state index contributed by atoms with van der Waals surface area (Å²) in [5.74, 6) is 0. The summed E-state index contributed by atoms with van der Waals surface area (Å²) in [7, 11) is 1.99. The van der Waals surface area contributed by atoms with Crippen LogP contribution in [0.2, 0.25) is 0 Å². The molecule has 0 aliphatic carbocycles. The number of rotatable bonds is 3. The molecule has 1 aromatic heterocycles. The zero-order valence-corrected chi connectivity index (χ0v) is 13.3. The molecule has 2 nitrogen and oxygen atoms in total. The van der Waals surface area contributed by atoms with E-state index in [0.717, 1.165) is 5.52 Å². The molecule has 3 heteroatoms. The first-order valence-corrected chi connectivity index (χ1v) is 7.64. The first kappa shape index (κ1) is 13.5. The normalized spacial score (nSPS) is 12.5. The number of para-hydroxylation sites is 1. The van der Waals surface area contributed by atoms with E-state index in [2.05, 4.69) is 81.4 Å². The summed E-state index contributed by atoms with van der Waals surface area (Å²) in [6, 6.07) is 19.2. The Morgan fingerprint density at radius 2 is 1.75 bits per heavy atom. The van der Waals surface area contributed by atoms with Gasteiger partial charge in [0.05, 0.1) is 11.6 Å². The van der Waals surface area contributed by atoms with Crippen LogP contribution >= 0.6 is 22.6 Å². The average molecular weight is 374 g/mol. The van der Waals surface area contributed by atoms with E-state index in [4.69, 9.17) is 0 Å². The molecule has 3 aromatic rings. The van der Waals surface area contributed by atoms with Gasteiger partial charge in [-0.1, -0.05) is 36.4 Å². The fourth-order valence-electron chi connectivity index (χ4n) is 2.52. The van der Waals surface area contributed by atoms with Crippen LogP contribution in [0.1, 0.15) is 17.2 Å². The Balaban J connectivity index is 2.14. The number of pyridine rings is 1. The van der Waals surface area contributed by atoms with Gasteiger partial charge < -0.3 is 5.32 Å². The molecular weight excluding hydrogens is 359 g/mol. The minimum absolute atomic E-state index is 0.158. The van der Waals surface area contributed by atoms with Gasteiger partial charge in [-0.25, -0.2) is 0 Å². The largest absolute Gasteiger partial charge is 0.309 e. The number of hydrogen-bond acceptors (Lipinski definition) is 2. The van der Waals surface area contributed by atoms with Crippen molar-refractivity contribution in [1.29, 1.82) is 0 Å². The lowest BCUT2D eigenvalue weighted by Crippen LogP contribution is -2.18. The van der Waals surface area contributed by atoms with Crippen molar-refractivity contribution in [3.05, 3.63) is 75.5 Å². The fourth-order valence-corrected chi connectivity index (χ4v) is 2.88. The van der Waals surface area contributed by atoms with E-state index in [-0.39, 0.29) is 6.04 Å². The lowest BCUT2D eigenvalue weighted by atomic mass is 9.96. The number of aromatic nitrogens is 1. The number of fused-ring (bicyclic) bond motifs is 1. The molecule has 0 saturated carbocycles. The van der Waals surface area contributed by atoms with E-state index in [1.807, 2.05) is 19.3 Å². The second-order valence-electron chi connectivity index (χ2n) is 4.70. The molecule has 100 valence electrons. The highest BCUT2D eigenvalue weighted by atomic mass is 127. The van der Waals surface area contributed by atoms with Crippen LogP contribution in [-0.4, -0.2) is 12.0 Å². The molecule has 0 bridgehead atoms. The summed E-state index contributed by atoms with van der Waals surface area (Å²) in [5.41, 5.74) is 3.53. The highest BCUT2D eigenvalue weighted by Gasteiger charge is 2.15. The Kier molecular flexibility index (Phi) is 3.98. The van der Waals surface area contributed by atoms with Gasteiger partial charge in [0.1, 0.15) is 0 Å². The van der Waals surface area contributed by atoms with Crippen molar-refractivity contribution in [2.75, 3.05) is 7.05 Å². The highest BCUT2D eigenvalue weighted by molar-refractivity contribution is 14.1. The summed E-state index contributed by atoms with van der Waals surface area (Å²) in [6.45, 7) is 0. The van der Waals surface area contributed by atoms with E-state index in [1.54, 1.807) is 0 Å². The predicted molar refractivity (Wildman–Crippen MR) is 91.8 cm³/mol. The van der Waals surface area contributed by atoms with Crippen molar-refractivity contribution < 1.29 is 0 Å². The highest BCUT2D eigenvalue weighted by Crippen LogP contribution is 2.27. The van der Waals surface area contributed by atoms with Gasteiger partial charge in [0.25, 0.3) is 0 Å². The topological polar surface area (TPSA) is 24.9 Å². The van der Waals surface area contributed by atoms with E-state index in [0.29, 0.717) is 0 Å². The summed E-state index contributed by atoms with van der Waals surface area (Å²) in [5, 5.41) is 4.58. The van der Waals surface area contributed by atoms with Crippen LogP contribution in [0, 0.1) is 3.57 Å². The first-order valence-electron chi connectivity index (χ1n) is 6.56. The van der Waals surface area contributed by atoms with Crippen LogP contribution in [0.4, 0.5) is 0 Å². The molecule has 1 N–H and O–H groups in total. The summed E-state index contributed by atoms with van der Waals surface area (Å²) < 4.78 is 1.25. The van der Waals surface area contributed by atoms with Crippen LogP contribution in [0.25, 0.3) is 10.9 Å².